The van der Waals surface area contributed by atoms with Crippen molar-refractivity contribution < 1.29 is 24.1 Å². The van der Waals surface area contributed by atoms with Crippen LogP contribution in [0.1, 0.15) is 13.8 Å². The third kappa shape index (κ3) is 1.14. The van der Waals surface area contributed by atoms with Gasteiger partial charge in [0.2, 0.25) is 0 Å². The number of hydrogen-bond acceptors (Lipinski definition) is 5. The van der Waals surface area contributed by atoms with Gasteiger partial charge in [-0.3, -0.25) is 0 Å². The van der Waals surface area contributed by atoms with E-state index in [0.717, 1.165) is 0 Å². The van der Waals surface area contributed by atoms with Crippen molar-refractivity contribution in [2.45, 2.75) is 50.3 Å². The molecule has 3 aliphatic heterocycles. The number of rotatable bonds is 0. The highest BCUT2D eigenvalue weighted by atomic mass is 16.8. The molecule has 5 heteroatoms. The van der Waals surface area contributed by atoms with Crippen LogP contribution in [0.15, 0.2) is 0 Å². The summed E-state index contributed by atoms with van der Waals surface area (Å²) in [5.41, 5.74) is 0. The second-order valence-electron chi connectivity index (χ2n) is 4.43. The molecule has 14 heavy (non-hydrogen) atoms. The Balaban J connectivity index is 1.88. The SMILES string of the molecule is CC1(C)OC2C3COC(O3)C(O)[C@H]2O1. The monoisotopic (exact) mass is 202 g/mol. The lowest BCUT2D eigenvalue weighted by Crippen LogP contribution is -2.52. The van der Waals surface area contributed by atoms with Gasteiger partial charge < -0.3 is 24.1 Å². The number of ether oxygens (including phenoxy) is 4. The van der Waals surface area contributed by atoms with Gasteiger partial charge in [0.05, 0.1) is 6.61 Å². The number of hydrogen-bond donors (Lipinski definition) is 1. The maximum Gasteiger partial charge on any atom is 0.186 e. The first-order chi connectivity index (χ1) is 6.57. The molecular weight excluding hydrogens is 188 g/mol. The summed E-state index contributed by atoms with van der Waals surface area (Å²) in [5, 5.41) is 9.84. The lowest BCUT2D eigenvalue weighted by atomic mass is 10.0. The minimum atomic E-state index is -0.750. The molecule has 0 radical (unpaired) electrons. The highest BCUT2D eigenvalue weighted by Crippen LogP contribution is 2.40. The molecule has 0 aromatic carbocycles. The summed E-state index contributed by atoms with van der Waals surface area (Å²) < 4.78 is 22.0. The topological polar surface area (TPSA) is 57.2 Å². The zero-order valence-corrected chi connectivity index (χ0v) is 8.17. The van der Waals surface area contributed by atoms with Crippen molar-refractivity contribution in [1.29, 1.82) is 0 Å². The van der Waals surface area contributed by atoms with E-state index >= 15 is 0 Å². The Hall–Kier alpha value is -0.200. The van der Waals surface area contributed by atoms with Crippen LogP contribution in [-0.4, -0.2) is 48.2 Å². The highest BCUT2D eigenvalue weighted by Gasteiger charge is 2.57. The fourth-order valence-electron chi connectivity index (χ4n) is 2.32. The van der Waals surface area contributed by atoms with E-state index in [1.165, 1.54) is 0 Å². The van der Waals surface area contributed by atoms with Crippen molar-refractivity contribution in [2.24, 2.45) is 0 Å². The van der Waals surface area contributed by atoms with Crippen molar-refractivity contribution in [3.05, 3.63) is 0 Å². The van der Waals surface area contributed by atoms with E-state index in [0.29, 0.717) is 6.61 Å². The van der Waals surface area contributed by atoms with Crippen molar-refractivity contribution in [2.75, 3.05) is 6.61 Å². The van der Waals surface area contributed by atoms with Crippen LogP contribution >= 0.6 is 0 Å². The minimum absolute atomic E-state index is 0.102. The number of aliphatic hydroxyl groups excluding tert-OH is 1. The van der Waals surface area contributed by atoms with Gasteiger partial charge in [0.25, 0.3) is 0 Å². The van der Waals surface area contributed by atoms with Gasteiger partial charge >= 0.3 is 0 Å². The normalized spacial score (nSPS) is 54.6. The molecule has 0 saturated carbocycles. The van der Waals surface area contributed by atoms with Gasteiger partial charge in [0, 0.05) is 0 Å². The van der Waals surface area contributed by atoms with E-state index in [9.17, 15) is 5.11 Å². The van der Waals surface area contributed by atoms with Gasteiger partial charge in [0.15, 0.2) is 12.1 Å². The van der Waals surface area contributed by atoms with Gasteiger partial charge in [-0.2, -0.15) is 0 Å². The van der Waals surface area contributed by atoms with Gasteiger partial charge in [0.1, 0.15) is 24.4 Å². The van der Waals surface area contributed by atoms with Gasteiger partial charge in [-0.05, 0) is 13.8 Å². The first-order valence-electron chi connectivity index (χ1n) is 4.88. The maximum atomic E-state index is 9.84. The highest BCUT2D eigenvalue weighted by molar-refractivity contribution is 4.99. The molecule has 3 fully saturated rings. The largest absolute Gasteiger partial charge is 0.385 e. The average Bonchev–Trinajstić information content (AvgIpc) is 2.64. The molecule has 0 aromatic rings. The molecule has 3 aliphatic rings. The molecule has 2 bridgehead atoms. The molecule has 1 N–H and O–H groups in total. The summed E-state index contributed by atoms with van der Waals surface area (Å²) in [6.07, 6.45) is -1.93. The molecule has 0 aliphatic carbocycles. The standard InChI is InChI=1S/C9H14O5/c1-9(2)13-6-4-3-11-8(12-4)5(10)7(6)14-9/h4-8,10H,3H2,1-2H3/t4?,5?,6?,7-,8?/m1/s1. The Labute approximate surface area is 81.9 Å². The predicted molar refractivity (Wildman–Crippen MR) is 44.4 cm³/mol. The number of fused-ring (bicyclic) bond motifs is 4. The van der Waals surface area contributed by atoms with Crippen LogP contribution in [0, 0.1) is 0 Å². The van der Waals surface area contributed by atoms with Crippen LogP contribution in [0.4, 0.5) is 0 Å². The van der Waals surface area contributed by atoms with Crippen LogP contribution in [0.3, 0.4) is 0 Å². The van der Waals surface area contributed by atoms with E-state index in [1.807, 2.05) is 13.8 Å². The molecule has 5 atom stereocenters. The second-order valence-corrected chi connectivity index (χ2v) is 4.43. The van der Waals surface area contributed by atoms with Crippen LogP contribution in [0.25, 0.3) is 0 Å². The zero-order chi connectivity index (χ0) is 9.92. The summed E-state index contributed by atoms with van der Waals surface area (Å²) >= 11 is 0. The second kappa shape index (κ2) is 2.68. The summed E-state index contributed by atoms with van der Waals surface area (Å²) in [7, 11) is 0. The zero-order valence-electron chi connectivity index (χ0n) is 8.17. The summed E-state index contributed by atoms with van der Waals surface area (Å²) in [5.74, 6) is -0.635. The molecule has 0 amide bonds. The summed E-state index contributed by atoms with van der Waals surface area (Å²) in [6, 6.07) is 0. The molecule has 5 nitrogen and oxygen atoms in total. The fourth-order valence-corrected chi connectivity index (χ4v) is 2.32. The lowest BCUT2D eigenvalue weighted by molar-refractivity contribution is -0.204. The van der Waals surface area contributed by atoms with E-state index in [2.05, 4.69) is 0 Å². The van der Waals surface area contributed by atoms with E-state index in [1.54, 1.807) is 0 Å². The van der Waals surface area contributed by atoms with Crippen molar-refractivity contribution in [1.82, 2.24) is 0 Å². The third-order valence-corrected chi connectivity index (χ3v) is 2.88. The number of aliphatic hydroxyl groups is 1. The molecule has 0 spiro atoms. The Morgan fingerprint density at radius 2 is 1.93 bits per heavy atom. The quantitative estimate of drug-likeness (QED) is 0.580. The first kappa shape index (κ1) is 9.06. The van der Waals surface area contributed by atoms with E-state index in [4.69, 9.17) is 18.9 Å². The Morgan fingerprint density at radius 3 is 2.71 bits per heavy atom. The van der Waals surface area contributed by atoms with Crippen LogP contribution in [0.5, 0.6) is 0 Å². The molecule has 3 heterocycles. The van der Waals surface area contributed by atoms with Crippen molar-refractivity contribution in [3.8, 4) is 0 Å². The molecule has 80 valence electrons. The minimum Gasteiger partial charge on any atom is -0.385 e. The molecule has 3 rings (SSSR count). The first-order valence-corrected chi connectivity index (χ1v) is 4.88. The third-order valence-electron chi connectivity index (χ3n) is 2.88. The fraction of sp³-hybridized carbons (Fsp3) is 1.00. The predicted octanol–water partition coefficient (Wildman–Crippen LogP) is -0.378. The van der Waals surface area contributed by atoms with Gasteiger partial charge in [-0.1, -0.05) is 0 Å². The molecule has 4 unspecified atom stereocenters. The smallest absolute Gasteiger partial charge is 0.186 e. The van der Waals surface area contributed by atoms with E-state index < -0.39 is 18.2 Å². The van der Waals surface area contributed by atoms with Crippen molar-refractivity contribution >= 4 is 0 Å². The van der Waals surface area contributed by atoms with Crippen LogP contribution in [-0.2, 0) is 18.9 Å². The molecule has 0 aromatic heterocycles. The molecule has 3 saturated heterocycles. The molecular formula is C9H14O5. The van der Waals surface area contributed by atoms with Crippen LogP contribution in [0.2, 0.25) is 0 Å². The lowest BCUT2D eigenvalue weighted by Gasteiger charge is -2.31. The van der Waals surface area contributed by atoms with Crippen molar-refractivity contribution in [3.63, 3.8) is 0 Å². The summed E-state index contributed by atoms with van der Waals surface area (Å²) in [6.45, 7) is 4.15. The Bertz CT molecular complexity index is 246. The van der Waals surface area contributed by atoms with E-state index in [-0.39, 0.29) is 18.3 Å². The van der Waals surface area contributed by atoms with Gasteiger partial charge in [-0.15, -0.1) is 0 Å². The maximum absolute atomic E-state index is 9.84. The average molecular weight is 202 g/mol. The van der Waals surface area contributed by atoms with Crippen LogP contribution < -0.4 is 0 Å². The Kier molecular flexibility index (Phi) is 1.73. The summed E-state index contributed by atoms with van der Waals surface area (Å²) in [4.78, 5) is 0. The van der Waals surface area contributed by atoms with Gasteiger partial charge in [-0.25, -0.2) is 0 Å². The Morgan fingerprint density at radius 1 is 1.21 bits per heavy atom.